The first-order valence-electron chi connectivity index (χ1n) is 6.41. The second-order valence-corrected chi connectivity index (χ2v) is 4.96. The number of fused-ring (bicyclic) bond motifs is 1. The molecule has 1 aliphatic heterocycles. The highest BCUT2D eigenvalue weighted by molar-refractivity contribution is 5.56. The van der Waals surface area contributed by atoms with Gasteiger partial charge in [0, 0.05) is 18.3 Å². The standard InChI is InChI=1S/C14H19NO/c1-3-11(4-1)10-16-13-7-6-12-5-2-8-15-14(12)9-13/h6-7,9,11,15H,1-5,8,10H2. The molecule has 3 rings (SSSR count). The lowest BCUT2D eigenvalue weighted by atomic mass is 9.86. The molecular formula is C14H19NO. The van der Waals surface area contributed by atoms with Crippen molar-refractivity contribution in [3.8, 4) is 5.75 Å². The van der Waals surface area contributed by atoms with Gasteiger partial charge in [-0.3, -0.25) is 0 Å². The number of nitrogens with one attached hydrogen (secondary N) is 1. The average Bonchev–Trinajstić information content (AvgIpc) is 2.27. The highest BCUT2D eigenvalue weighted by Crippen LogP contribution is 2.29. The zero-order valence-electron chi connectivity index (χ0n) is 9.67. The van der Waals surface area contributed by atoms with Crippen LogP contribution in [0.4, 0.5) is 5.69 Å². The first-order valence-corrected chi connectivity index (χ1v) is 6.41. The molecule has 2 nitrogen and oxygen atoms in total. The molecule has 1 saturated carbocycles. The van der Waals surface area contributed by atoms with E-state index < -0.39 is 0 Å². The number of hydrogen-bond donors (Lipinski definition) is 1. The summed E-state index contributed by atoms with van der Waals surface area (Å²) < 4.78 is 5.84. The number of aryl methyl sites for hydroxylation is 1. The Morgan fingerprint density at radius 1 is 1.25 bits per heavy atom. The molecule has 1 fully saturated rings. The molecule has 0 radical (unpaired) electrons. The first-order chi connectivity index (χ1) is 7.92. The summed E-state index contributed by atoms with van der Waals surface area (Å²) in [5.41, 5.74) is 2.71. The molecule has 1 heterocycles. The van der Waals surface area contributed by atoms with Gasteiger partial charge >= 0.3 is 0 Å². The van der Waals surface area contributed by atoms with Gasteiger partial charge in [0.25, 0.3) is 0 Å². The smallest absolute Gasteiger partial charge is 0.121 e. The Hall–Kier alpha value is -1.18. The van der Waals surface area contributed by atoms with Crippen molar-refractivity contribution in [2.45, 2.75) is 32.1 Å². The van der Waals surface area contributed by atoms with Crippen LogP contribution in [0.2, 0.25) is 0 Å². The highest BCUT2D eigenvalue weighted by Gasteiger charge is 2.18. The van der Waals surface area contributed by atoms with Crippen LogP contribution in [0.3, 0.4) is 0 Å². The van der Waals surface area contributed by atoms with Crippen molar-refractivity contribution in [3.63, 3.8) is 0 Å². The normalized spacial score (nSPS) is 19.5. The Kier molecular flexibility index (Phi) is 2.73. The Morgan fingerprint density at radius 2 is 2.19 bits per heavy atom. The maximum absolute atomic E-state index is 5.84. The van der Waals surface area contributed by atoms with E-state index in [1.165, 1.54) is 43.4 Å². The number of benzene rings is 1. The number of hydrogen-bond acceptors (Lipinski definition) is 2. The van der Waals surface area contributed by atoms with E-state index in [1.54, 1.807) is 0 Å². The van der Waals surface area contributed by atoms with E-state index in [2.05, 4.69) is 23.5 Å². The molecular weight excluding hydrogens is 198 g/mol. The van der Waals surface area contributed by atoms with Crippen LogP contribution >= 0.6 is 0 Å². The number of ether oxygens (including phenoxy) is 1. The third-order valence-electron chi connectivity index (χ3n) is 3.73. The van der Waals surface area contributed by atoms with Gasteiger partial charge in [-0.25, -0.2) is 0 Å². The lowest BCUT2D eigenvalue weighted by molar-refractivity contribution is 0.180. The molecule has 1 aromatic carbocycles. The van der Waals surface area contributed by atoms with Crippen LogP contribution in [0, 0.1) is 5.92 Å². The maximum atomic E-state index is 5.84. The van der Waals surface area contributed by atoms with E-state index in [0.29, 0.717) is 0 Å². The van der Waals surface area contributed by atoms with Crippen LogP contribution in [0.1, 0.15) is 31.2 Å². The molecule has 0 atom stereocenters. The minimum Gasteiger partial charge on any atom is -0.493 e. The van der Waals surface area contributed by atoms with E-state index in [-0.39, 0.29) is 0 Å². The summed E-state index contributed by atoms with van der Waals surface area (Å²) in [5.74, 6) is 1.84. The minimum absolute atomic E-state index is 0.809. The van der Waals surface area contributed by atoms with E-state index in [9.17, 15) is 0 Å². The molecule has 1 aromatic rings. The van der Waals surface area contributed by atoms with Crippen molar-refractivity contribution in [2.75, 3.05) is 18.5 Å². The van der Waals surface area contributed by atoms with E-state index >= 15 is 0 Å². The Balaban J connectivity index is 1.65. The van der Waals surface area contributed by atoms with Gasteiger partial charge in [-0.2, -0.15) is 0 Å². The van der Waals surface area contributed by atoms with E-state index in [0.717, 1.165) is 24.8 Å². The van der Waals surface area contributed by atoms with Crippen molar-refractivity contribution >= 4 is 5.69 Å². The Bertz CT molecular complexity index is 371. The van der Waals surface area contributed by atoms with Gasteiger partial charge in [0.15, 0.2) is 0 Å². The van der Waals surface area contributed by atoms with Crippen molar-refractivity contribution in [1.29, 1.82) is 0 Å². The van der Waals surface area contributed by atoms with Crippen LogP contribution in [0.5, 0.6) is 5.75 Å². The zero-order chi connectivity index (χ0) is 10.8. The second kappa shape index (κ2) is 4.36. The lowest BCUT2D eigenvalue weighted by Gasteiger charge is -2.25. The van der Waals surface area contributed by atoms with Crippen molar-refractivity contribution < 1.29 is 4.74 Å². The molecule has 0 spiro atoms. The van der Waals surface area contributed by atoms with Crippen LogP contribution in [0.25, 0.3) is 0 Å². The Morgan fingerprint density at radius 3 is 3.00 bits per heavy atom. The van der Waals surface area contributed by atoms with Gasteiger partial charge in [0.2, 0.25) is 0 Å². The first kappa shape index (κ1) is 10.0. The van der Waals surface area contributed by atoms with Crippen LogP contribution in [-0.2, 0) is 6.42 Å². The van der Waals surface area contributed by atoms with Crippen molar-refractivity contribution in [3.05, 3.63) is 23.8 Å². The molecule has 0 amide bonds. The quantitative estimate of drug-likeness (QED) is 0.839. The van der Waals surface area contributed by atoms with Gasteiger partial charge in [0.05, 0.1) is 6.61 Å². The summed E-state index contributed by atoms with van der Waals surface area (Å²) in [7, 11) is 0. The molecule has 16 heavy (non-hydrogen) atoms. The molecule has 0 unspecified atom stereocenters. The summed E-state index contributed by atoms with van der Waals surface area (Å²) in [6.07, 6.45) is 6.53. The Labute approximate surface area is 97.0 Å². The van der Waals surface area contributed by atoms with Crippen molar-refractivity contribution in [2.24, 2.45) is 5.92 Å². The largest absolute Gasteiger partial charge is 0.493 e. The average molecular weight is 217 g/mol. The molecule has 0 aromatic heterocycles. The van der Waals surface area contributed by atoms with Gasteiger partial charge in [-0.15, -0.1) is 0 Å². The van der Waals surface area contributed by atoms with Gasteiger partial charge in [0.1, 0.15) is 5.75 Å². The summed E-state index contributed by atoms with van der Waals surface area (Å²) in [4.78, 5) is 0. The SMILES string of the molecule is c1cc2c(cc1OCC1CCC1)NCCC2. The monoisotopic (exact) mass is 217 g/mol. The molecule has 2 heteroatoms. The fourth-order valence-electron chi connectivity index (χ4n) is 2.40. The third kappa shape index (κ3) is 2.01. The second-order valence-electron chi connectivity index (χ2n) is 4.96. The molecule has 1 aliphatic carbocycles. The highest BCUT2D eigenvalue weighted by atomic mass is 16.5. The van der Waals surface area contributed by atoms with Crippen molar-refractivity contribution in [1.82, 2.24) is 0 Å². The summed E-state index contributed by atoms with van der Waals surface area (Å²) in [5, 5.41) is 3.44. The van der Waals surface area contributed by atoms with Crippen LogP contribution < -0.4 is 10.1 Å². The third-order valence-corrected chi connectivity index (χ3v) is 3.73. The van der Waals surface area contributed by atoms with Gasteiger partial charge in [-0.05, 0) is 43.2 Å². The lowest BCUT2D eigenvalue weighted by Crippen LogP contribution is -2.19. The predicted octanol–water partition coefficient (Wildman–Crippen LogP) is 3.22. The molecule has 2 aliphatic rings. The molecule has 0 bridgehead atoms. The van der Waals surface area contributed by atoms with Crippen LogP contribution in [-0.4, -0.2) is 13.2 Å². The van der Waals surface area contributed by atoms with E-state index in [1.807, 2.05) is 0 Å². The summed E-state index contributed by atoms with van der Waals surface area (Å²) >= 11 is 0. The summed E-state index contributed by atoms with van der Waals surface area (Å²) in [6.45, 7) is 2.00. The molecule has 1 N–H and O–H groups in total. The summed E-state index contributed by atoms with van der Waals surface area (Å²) in [6, 6.07) is 6.48. The topological polar surface area (TPSA) is 21.3 Å². The molecule has 86 valence electrons. The zero-order valence-corrected chi connectivity index (χ0v) is 9.67. The number of anilines is 1. The fraction of sp³-hybridized carbons (Fsp3) is 0.571. The maximum Gasteiger partial charge on any atom is 0.121 e. The van der Waals surface area contributed by atoms with Crippen LogP contribution in [0.15, 0.2) is 18.2 Å². The van der Waals surface area contributed by atoms with Gasteiger partial charge in [-0.1, -0.05) is 12.5 Å². The van der Waals surface area contributed by atoms with E-state index in [4.69, 9.17) is 4.74 Å². The predicted molar refractivity (Wildman–Crippen MR) is 66.1 cm³/mol. The number of rotatable bonds is 3. The molecule has 0 saturated heterocycles. The van der Waals surface area contributed by atoms with Gasteiger partial charge < -0.3 is 10.1 Å². The fourth-order valence-corrected chi connectivity index (χ4v) is 2.40. The minimum atomic E-state index is 0.809.